The molecule has 0 radical (unpaired) electrons. The second-order valence-electron chi connectivity index (χ2n) is 17.3. The van der Waals surface area contributed by atoms with Crippen LogP contribution in [0.25, 0.3) is 0 Å². The van der Waals surface area contributed by atoms with Gasteiger partial charge in [-0.05, 0) is 0 Å². The van der Waals surface area contributed by atoms with Crippen molar-refractivity contribution >= 4 is 35.6 Å². The summed E-state index contributed by atoms with van der Waals surface area (Å²) in [5, 5.41) is -0.264. The molecule has 51 heavy (non-hydrogen) atoms. The van der Waals surface area contributed by atoms with Gasteiger partial charge in [0.05, 0.1) is 0 Å². The molecule has 2 aromatic carbocycles. The first kappa shape index (κ1) is 41.6. The van der Waals surface area contributed by atoms with Gasteiger partial charge in [-0.3, -0.25) is 0 Å². The van der Waals surface area contributed by atoms with Crippen LogP contribution in [-0.2, 0) is 16.6 Å². The summed E-state index contributed by atoms with van der Waals surface area (Å²) >= 11 is -4.98. The monoisotopic (exact) mass is 774 g/mol. The van der Waals surface area contributed by atoms with Crippen LogP contribution < -0.4 is 16.9 Å². The van der Waals surface area contributed by atoms with Gasteiger partial charge in [0.1, 0.15) is 0 Å². The van der Waals surface area contributed by atoms with E-state index in [2.05, 4.69) is 90.7 Å². The zero-order valence-corrected chi connectivity index (χ0v) is 37.1. The van der Waals surface area contributed by atoms with E-state index in [1.165, 1.54) is 12.1 Å². The Morgan fingerprint density at radius 1 is 0.588 bits per heavy atom. The molecule has 0 aromatic heterocycles. The first-order chi connectivity index (χ1) is 23.6. The van der Waals surface area contributed by atoms with Gasteiger partial charge in [-0.1, -0.05) is 0 Å². The predicted octanol–water partition coefficient (Wildman–Crippen LogP) is 12.1. The molecule has 0 atom stereocenters. The van der Waals surface area contributed by atoms with Crippen LogP contribution in [0.2, 0.25) is 44.7 Å². The zero-order valence-electron chi connectivity index (χ0n) is 33.6. The van der Waals surface area contributed by atoms with Gasteiger partial charge in [0.2, 0.25) is 0 Å². The SMILES string of the molecule is CCN(c1ccc(F)[c]([Ti]([c]2c(F)ccc(N(CC)[Si](C)(C)C(C)(C)C(C)C)c2F)([CH]2C=CC=C2)[CH]2C=CC=C2)c1F)[Si](C)(C)C(C)(C)C(C)C. The van der Waals surface area contributed by atoms with Gasteiger partial charge in [-0.25, -0.2) is 0 Å². The van der Waals surface area contributed by atoms with E-state index in [0.717, 1.165) is 0 Å². The molecule has 0 fully saturated rings. The van der Waals surface area contributed by atoms with E-state index in [0.29, 0.717) is 36.3 Å². The number of hydrogen-bond acceptors (Lipinski definition) is 2. The Kier molecular flexibility index (Phi) is 12.2. The standard InChI is InChI=1S/2C16H26F2NSi.2C5H5.Ti/c2*1-8-19(15-10-9-13(17)11-14(15)18)20(6,7)16(4,5)12(2)3;2*1-2-4-5-3-1;/h2*9-10,12H,8H2,1-7H3;2*1-5H;. The first-order valence-electron chi connectivity index (χ1n) is 18.8. The number of halogens is 4. The van der Waals surface area contributed by atoms with Crippen molar-refractivity contribution < 1.29 is 34.2 Å². The first-order valence-corrected chi connectivity index (χ1v) is 28.1. The molecular weight excluding hydrogens is 713 g/mol. The van der Waals surface area contributed by atoms with E-state index in [4.69, 9.17) is 0 Å². The second-order valence-corrected chi connectivity index (χ2v) is 33.6. The summed E-state index contributed by atoms with van der Waals surface area (Å²) in [4.78, 5) is 0. The summed E-state index contributed by atoms with van der Waals surface area (Å²) in [7, 11) is -4.90. The van der Waals surface area contributed by atoms with Gasteiger partial charge >= 0.3 is 314 Å². The molecular formula is C42H62F4N2Si2Ti. The molecule has 0 saturated carbocycles. The Morgan fingerprint density at radius 3 is 1.14 bits per heavy atom. The van der Waals surface area contributed by atoms with Crippen molar-refractivity contribution in [1.82, 2.24) is 0 Å². The van der Waals surface area contributed by atoms with Gasteiger partial charge in [0.15, 0.2) is 0 Å². The number of benzene rings is 2. The van der Waals surface area contributed by atoms with Gasteiger partial charge in [0.25, 0.3) is 0 Å². The normalized spacial score (nSPS) is 16.1. The van der Waals surface area contributed by atoms with Crippen molar-refractivity contribution in [2.75, 3.05) is 22.2 Å². The van der Waals surface area contributed by atoms with Crippen LogP contribution in [0.15, 0.2) is 72.9 Å². The third kappa shape index (κ3) is 6.56. The van der Waals surface area contributed by atoms with E-state index >= 15 is 17.6 Å². The summed E-state index contributed by atoms with van der Waals surface area (Å²) in [6.07, 6.45) is 15.1. The molecule has 0 bridgehead atoms. The van der Waals surface area contributed by atoms with Crippen LogP contribution in [0.3, 0.4) is 0 Å². The Hall–Kier alpha value is -2.13. The molecule has 2 aromatic rings. The maximum atomic E-state index is 18.0. The van der Waals surface area contributed by atoms with Crippen molar-refractivity contribution in [1.29, 1.82) is 0 Å². The van der Waals surface area contributed by atoms with E-state index in [-0.39, 0.29) is 17.8 Å². The van der Waals surface area contributed by atoms with E-state index in [1.54, 1.807) is 12.1 Å². The Morgan fingerprint density at radius 2 is 0.882 bits per heavy atom. The van der Waals surface area contributed by atoms with Crippen LogP contribution in [0.1, 0.15) is 69.2 Å². The molecule has 0 aliphatic heterocycles. The van der Waals surface area contributed by atoms with Gasteiger partial charge in [0, 0.05) is 0 Å². The fourth-order valence-corrected chi connectivity index (χ4v) is 24.7. The average Bonchev–Trinajstić information content (AvgIpc) is 3.78. The molecule has 2 nitrogen and oxygen atoms in total. The van der Waals surface area contributed by atoms with E-state index < -0.39 is 64.8 Å². The number of rotatable bonds is 14. The zero-order chi connectivity index (χ0) is 38.5. The maximum absolute atomic E-state index is 18.0. The van der Waals surface area contributed by atoms with E-state index in [9.17, 15) is 0 Å². The fraction of sp³-hybridized carbons (Fsp3) is 0.524. The van der Waals surface area contributed by atoms with Crippen LogP contribution in [-0.4, -0.2) is 29.6 Å². The third-order valence-electron chi connectivity index (χ3n) is 14.1. The third-order valence-corrected chi connectivity index (χ3v) is 33.9. The number of allylic oxidation sites excluding steroid dienone is 8. The molecule has 4 rings (SSSR count). The summed E-state index contributed by atoms with van der Waals surface area (Å²) in [6, 6.07) is 5.82. The van der Waals surface area contributed by atoms with Crippen molar-refractivity contribution in [3.63, 3.8) is 0 Å². The number of anilines is 2. The molecule has 9 heteroatoms. The Labute approximate surface area is 312 Å². The molecule has 280 valence electrons. The van der Waals surface area contributed by atoms with Crippen molar-refractivity contribution in [2.24, 2.45) is 11.8 Å². The van der Waals surface area contributed by atoms with Gasteiger partial charge in [-0.15, -0.1) is 0 Å². The predicted molar refractivity (Wildman–Crippen MR) is 215 cm³/mol. The quantitative estimate of drug-likeness (QED) is 0.139. The van der Waals surface area contributed by atoms with Gasteiger partial charge in [-0.2, -0.15) is 0 Å². The van der Waals surface area contributed by atoms with E-state index in [1.807, 2.05) is 62.5 Å². The van der Waals surface area contributed by atoms with Crippen molar-refractivity contribution in [3.8, 4) is 0 Å². The summed E-state index contributed by atoms with van der Waals surface area (Å²) in [5.74, 6) is -2.18. The summed E-state index contributed by atoms with van der Waals surface area (Å²) in [5.41, 5.74) is 0.649. The minimum absolute atomic E-state index is 0.113. The van der Waals surface area contributed by atoms with Crippen LogP contribution in [0.5, 0.6) is 0 Å². The Bertz CT molecular complexity index is 1570. The topological polar surface area (TPSA) is 6.48 Å². The molecule has 0 amide bonds. The average molecular weight is 775 g/mol. The fourth-order valence-electron chi connectivity index (χ4n) is 8.59. The Balaban J connectivity index is 2.18. The van der Waals surface area contributed by atoms with Crippen molar-refractivity contribution in [2.45, 2.75) is 114 Å². The van der Waals surface area contributed by atoms with Crippen LogP contribution >= 0.6 is 0 Å². The molecule has 0 unspecified atom stereocenters. The molecule has 2 aliphatic rings. The summed E-state index contributed by atoms with van der Waals surface area (Å²) < 4.78 is 73.1. The van der Waals surface area contributed by atoms with Crippen LogP contribution in [0, 0.1) is 35.1 Å². The van der Waals surface area contributed by atoms with Crippen LogP contribution in [0.4, 0.5) is 28.9 Å². The second kappa shape index (κ2) is 14.9. The summed E-state index contributed by atoms with van der Waals surface area (Å²) in [6.45, 7) is 31.8. The molecule has 0 heterocycles. The number of nitrogens with zero attached hydrogens (tertiary/aromatic N) is 2. The van der Waals surface area contributed by atoms with Gasteiger partial charge < -0.3 is 0 Å². The minimum atomic E-state index is -4.98. The molecule has 0 saturated heterocycles. The molecule has 0 N–H and O–H groups in total. The number of hydrogen-bond donors (Lipinski definition) is 0. The molecule has 0 spiro atoms. The van der Waals surface area contributed by atoms with Crippen molar-refractivity contribution in [3.05, 3.63) is 96.1 Å². The molecule has 2 aliphatic carbocycles.